The Morgan fingerprint density at radius 3 is 2.10 bits per heavy atom. The summed E-state index contributed by atoms with van der Waals surface area (Å²) >= 11 is 0. The van der Waals surface area contributed by atoms with Gasteiger partial charge in [0.1, 0.15) is 23.7 Å². The largest absolute Gasteiger partial charge is 0.496 e. The minimum Gasteiger partial charge on any atom is -0.496 e. The number of aliphatic hydroxyl groups is 1. The molecule has 7 nitrogen and oxygen atoms in total. The Labute approximate surface area is 253 Å². The highest BCUT2D eigenvalue weighted by Crippen LogP contribution is 2.43. The highest BCUT2D eigenvalue weighted by Gasteiger charge is 2.43. The van der Waals surface area contributed by atoms with Crippen molar-refractivity contribution in [3.8, 4) is 11.5 Å². The first kappa shape index (κ1) is 35.5. The van der Waals surface area contributed by atoms with E-state index in [2.05, 4.69) is 6.92 Å². The van der Waals surface area contributed by atoms with Gasteiger partial charge in [0.25, 0.3) is 0 Å². The number of ketones is 1. The summed E-state index contributed by atoms with van der Waals surface area (Å²) in [6, 6.07) is 1.66. The summed E-state index contributed by atoms with van der Waals surface area (Å²) in [5.74, 6) is 0.234. The van der Waals surface area contributed by atoms with E-state index in [1.807, 2.05) is 13.8 Å². The normalized spacial score (nSPS) is 17.6. The molecule has 0 aromatic heterocycles. The second-order valence-electron chi connectivity index (χ2n) is 12.2. The molecule has 42 heavy (non-hydrogen) atoms. The fourth-order valence-corrected chi connectivity index (χ4v) is 5.58. The highest BCUT2D eigenvalue weighted by atomic mass is 16.5. The van der Waals surface area contributed by atoms with Crippen LogP contribution in [0.5, 0.6) is 11.5 Å². The maximum atomic E-state index is 12.5. The molecule has 0 aliphatic carbocycles. The molecule has 0 saturated heterocycles. The van der Waals surface area contributed by atoms with Gasteiger partial charge < -0.3 is 19.3 Å². The standard InChI is InChI=1S/C35H54O7/c1-6-7-8-9-10-11-12-13-14-15-16-17-18-19-33(39)41-25-27-21-31(40-5)29-22-32(38)35(4,23-28(37)20-26(2)3)42-34(29)30(27)24-36/h20-21,24,32,38H,6-19,22-23,25H2,1-5H3/t32-,35+/m1/s1. The number of fused-ring (bicyclic) bond motifs is 1. The van der Waals surface area contributed by atoms with E-state index in [4.69, 9.17) is 14.2 Å². The van der Waals surface area contributed by atoms with Gasteiger partial charge in [-0.3, -0.25) is 14.4 Å². The zero-order chi connectivity index (χ0) is 31.0. The van der Waals surface area contributed by atoms with E-state index >= 15 is 0 Å². The molecule has 7 heteroatoms. The number of hydrogen-bond acceptors (Lipinski definition) is 7. The van der Waals surface area contributed by atoms with Crippen LogP contribution in [0.25, 0.3) is 0 Å². The van der Waals surface area contributed by atoms with Crippen molar-refractivity contribution in [2.45, 2.75) is 149 Å². The van der Waals surface area contributed by atoms with Crippen LogP contribution in [0.15, 0.2) is 17.7 Å². The summed E-state index contributed by atoms with van der Waals surface area (Å²) in [5.41, 5.74) is 0.900. The van der Waals surface area contributed by atoms with Crippen molar-refractivity contribution < 1.29 is 33.7 Å². The van der Waals surface area contributed by atoms with Crippen molar-refractivity contribution in [3.05, 3.63) is 34.4 Å². The van der Waals surface area contributed by atoms with Crippen molar-refractivity contribution in [3.63, 3.8) is 0 Å². The van der Waals surface area contributed by atoms with Gasteiger partial charge in [-0.1, -0.05) is 89.5 Å². The third-order valence-electron chi connectivity index (χ3n) is 8.09. The SMILES string of the molecule is CCCCCCCCCCCCCCCC(=O)OCc1cc(OC)c2c(c1C=O)O[C@@](C)(CC(=O)C=C(C)C)[C@H](O)C2. The molecule has 1 aliphatic heterocycles. The fourth-order valence-electron chi connectivity index (χ4n) is 5.58. The quantitative estimate of drug-likeness (QED) is 0.0674. The Morgan fingerprint density at radius 2 is 1.57 bits per heavy atom. The van der Waals surface area contributed by atoms with E-state index in [1.54, 1.807) is 13.0 Å². The van der Waals surface area contributed by atoms with Crippen LogP contribution in [0.3, 0.4) is 0 Å². The lowest BCUT2D eigenvalue weighted by molar-refractivity contribution is -0.145. The number of hydrogen-bond donors (Lipinski definition) is 1. The number of benzene rings is 1. The molecule has 0 amide bonds. The van der Waals surface area contributed by atoms with Crippen molar-refractivity contribution in [1.82, 2.24) is 0 Å². The van der Waals surface area contributed by atoms with E-state index in [0.717, 1.165) is 24.8 Å². The van der Waals surface area contributed by atoms with Crippen LogP contribution in [0.1, 0.15) is 145 Å². The number of unbranched alkanes of at least 4 members (excludes halogenated alkanes) is 12. The first-order valence-electron chi connectivity index (χ1n) is 16.0. The predicted molar refractivity (Wildman–Crippen MR) is 166 cm³/mol. The minimum atomic E-state index is -1.22. The van der Waals surface area contributed by atoms with E-state index in [-0.39, 0.29) is 42.5 Å². The van der Waals surface area contributed by atoms with E-state index in [0.29, 0.717) is 29.6 Å². The molecular weight excluding hydrogens is 532 g/mol. The topological polar surface area (TPSA) is 99.1 Å². The van der Waals surface area contributed by atoms with Crippen LogP contribution in [0.2, 0.25) is 0 Å². The van der Waals surface area contributed by atoms with Gasteiger partial charge >= 0.3 is 5.97 Å². The molecule has 1 aliphatic rings. The van der Waals surface area contributed by atoms with Gasteiger partial charge in [-0.05, 0) is 39.3 Å². The lowest BCUT2D eigenvalue weighted by Gasteiger charge is -2.40. The number of carbonyl (C=O) groups is 3. The molecule has 2 atom stereocenters. The summed E-state index contributed by atoms with van der Waals surface area (Å²) in [6.45, 7) is 7.49. The molecule has 0 saturated carbocycles. The molecule has 1 aromatic rings. The molecule has 2 rings (SSSR count). The molecule has 0 spiro atoms. The van der Waals surface area contributed by atoms with E-state index in [1.165, 1.54) is 77.4 Å². The van der Waals surface area contributed by atoms with Crippen molar-refractivity contribution in [2.75, 3.05) is 7.11 Å². The van der Waals surface area contributed by atoms with E-state index in [9.17, 15) is 19.5 Å². The summed E-state index contributed by atoms with van der Waals surface area (Å²) in [4.78, 5) is 37.2. The average Bonchev–Trinajstić information content (AvgIpc) is 2.94. The Balaban J connectivity index is 1.85. The number of esters is 1. The molecular formula is C35H54O7. The highest BCUT2D eigenvalue weighted by molar-refractivity contribution is 5.91. The third kappa shape index (κ3) is 11.5. The Hall–Kier alpha value is -2.67. The van der Waals surface area contributed by atoms with Gasteiger partial charge in [0.05, 0.1) is 25.2 Å². The van der Waals surface area contributed by atoms with Gasteiger partial charge in [-0.25, -0.2) is 0 Å². The summed E-state index contributed by atoms with van der Waals surface area (Å²) in [5, 5.41) is 10.9. The predicted octanol–water partition coefficient (Wildman–Crippen LogP) is 8.01. The lowest BCUT2D eigenvalue weighted by atomic mass is 9.83. The van der Waals surface area contributed by atoms with Crippen molar-refractivity contribution >= 4 is 18.0 Å². The molecule has 0 bridgehead atoms. The van der Waals surface area contributed by atoms with Gasteiger partial charge in [0.15, 0.2) is 12.1 Å². The lowest BCUT2D eigenvalue weighted by Crippen LogP contribution is -2.50. The molecule has 1 heterocycles. The van der Waals surface area contributed by atoms with Crippen LogP contribution in [0.4, 0.5) is 0 Å². The van der Waals surface area contributed by atoms with Crippen LogP contribution < -0.4 is 9.47 Å². The second kappa shape index (κ2) is 18.8. The maximum absolute atomic E-state index is 12.5. The summed E-state index contributed by atoms with van der Waals surface area (Å²) in [7, 11) is 1.50. The van der Waals surface area contributed by atoms with Gasteiger partial charge in [0.2, 0.25) is 0 Å². The minimum absolute atomic E-state index is 0.0439. The number of allylic oxidation sites excluding steroid dienone is 2. The molecule has 0 radical (unpaired) electrons. The molecule has 1 aromatic carbocycles. The molecule has 1 N–H and O–H groups in total. The smallest absolute Gasteiger partial charge is 0.306 e. The first-order chi connectivity index (χ1) is 20.1. The van der Waals surface area contributed by atoms with E-state index < -0.39 is 11.7 Å². The van der Waals surface area contributed by atoms with Crippen molar-refractivity contribution in [1.29, 1.82) is 0 Å². The van der Waals surface area contributed by atoms with Gasteiger partial charge in [0, 0.05) is 24.0 Å². The van der Waals surface area contributed by atoms with Gasteiger partial charge in [-0.2, -0.15) is 0 Å². The maximum Gasteiger partial charge on any atom is 0.306 e. The Bertz CT molecular complexity index is 1040. The zero-order valence-corrected chi connectivity index (χ0v) is 26.7. The summed E-state index contributed by atoms with van der Waals surface area (Å²) in [6.07, 6.45) is 17.8. The number of carbonyl (C=O) groups excluding carboxylic acids is 3. The number of methoxy groups -OCH3 is 1. The van der Waals surface area contributed by atoms with Crippen LogP contribution in [-0.2, 0) is 27.4 Å². The van der Waals surface area contributed by atoms with Gasteiger partial charge in [-0.15, -0.1) is 0 Å². The second-order valence-corrected chi connectivity index (χ2v) is 12.2. The van der Waals surface area contributed by atoms with Crippen LogP contribution in [-0.4, -0.2) is 42.0 Å². The zero-order valence-electron chi connectivity index (χ0n) is 26.7. The number of rotatable bonds is 21. The molecule has 236 valence electrons. The Kier molecular flexibility index (Phi) is 15.9. The first-order valence-corrected chi connectivity index (χ1v) is 16.0. The number of aldehydes is 1. The third-order valence-corrected chi connectivity index (χ3v) is 8.09. The number of ether oxygens (including phenoxy) is 3. The van der Waals surface area contributed by atoms with Crippen LogP contribution >= 0.6 is 0 Å². The van der Waals surface area contributed by atoms with Crippen molar-refractivity contribution in [2.24, 2.45) is 0 Å². The Morgan fingerprint density at radius 1 is 1.00 bits per heavy atom. The fraction of sp³-hybridized carbons (Fsp3) is 0.686. The number of aliphatic hydroxyl groups excluding tert-OH is 1. The molecule has 0 unspecified atom stereocenters. The monoisotopic (exact) mass is 586 g/mol. The summed E-state index contributed by atoms with van der Waals surface area (Å²) < 4.78 is 17.3. The average molecular weight is 587 g/mol. The van der Waals surface area contributed by atoms with Crippen LogP contribution in [0, 0.1) is 0 Å². The molecule has 0 fully saturated rings.